The van der Waals surface area contributed by atoms with Gasteiger partial charge in [0.05, 0.1) is 12.5 Å². The molecule has 1 rings (SSSR count). The van der Waals surface area contributed by atoms with Gasteiger partial charge in [0.2, 0.25) is 6.79 Å². The van der Waals surface area contributed by atoms with Crippen LogP contribution in [0.15, 0.2) is 12.2 Å². The van der Waals surface area contributed by atoms with E-state index in [9.17, 15) is 19.2 Å². The average molecular weight is 315 g/mol. The molecule has 0 aromatic rings. The topological polar surface area (TPSA) is 117 Å². The third kappa shape index (κ3) is 6.73. The molecule has 1 saturated heterocycles. The molecule has 0 bridgehead atoms. The fourth-order valence-electron chi connectivity index (χ4n) is 1.24. The molecule has 1 aliphatic heterocycles. The van der Waals surface area contributed by atoms with Crippen LogP contribution in [0.5, 0.6) is 0 Å². The third-order valence-electron chi connectivity index (χ3n) is 2.39. The Morgan fingerprint density at radius 1 is 1.23 bits per heavy atom. The maximum atomic E-state index is 11.3. The molecule has 0 spiro atoms. The van der Waals surface area contributed by atoms with Gasteiger partial charge in [-0.3, -0.25) is 4.79 Å². The van der Waals surface area contributed by atoms with E-state index in [1.807, 2.05) is 0 Å². The first-order chi connectivity index (χ1) is 10.4. The molecule has 9 heteroatoms. The first kappa shape index (κ1) is 17.5. The van der Waals surface area contributed by atoms with Crippen LogP contribution in [-0.2, 0) is 33.3 Å². The van der Waals surface area contributed by atoms with Crippen LogP contribution >= 0.6 is 0 Å². The van der Waals surface area contributed by atoms with Gasteiger partial charge in [-0.1, -0.05) is 13.8 Å². The summed E-state index contributed by atoms with van der Waals surface area (Å²) in [6, 6.07) is 0. The number of alkyl carbamates (subject to hydrolysis) is 1. The summed E-state index contributed by atoms with van der Waals surface area (Å²) in [5, 5.41) is 2.40. The number of cyclic esters (lactones) is 1. The van der Waals surface area contributed by atoms with Crippen molar-refractivity contribution < 1.29 is 38.1 Å². The molecule has 1 atom stereocenters. The minimum atomic E-state index is -0.859. The zero-order chi connectivity index (χ0) is 16.5. The summed E-state index contributed by atoms with van der Waals surface area (Å²) in [5.74, 6) is -2.49. The first-order valence-corrected chi connectivity index (χ1v) is 6.51. The van der Waals surface area contributed by atoms with Crippen molar-refractivity contribution in [2.75, 3.05) is 19.9 Å². The Kier molecular flexibility index (Phi) is 6.87. The summed E-state index contributed by atoms with van der Waals surface area (Å²) < 4.78 is 18.7. The monoisotopic (exact) mass is 315 g/mol. The Hall–Kier alpha value is -2.58. The van der Waals surface area contributed by atoms with E-state index in [0.717, 1.165) is 12.2 Å². The van der Waals surface area contributed by atoms with E-state index >= 15 is 0 Å². The lowest BCUT2D eigenvalue weighted by Gasteiger charge is -2.07. The normalized spacial score (nSPS) is 17.0. The molecule has 1 N–H and O–H groups in total. The van der Waals surface area contributed by atoms with Crippen LogP contribution in [0.4, 0.5) is 4.79 Å². The van der Waals surface area contributed by atoms with Crippen molar-refractivity contribution in [3.05, 3.63) is 12.2 Å². The van der Waals surface area contributed by atoms with Crippen LogP contribution in [0.25, 0.3) is 0 Å². The average Bonchev–Trinajstić information content (AvgIpc) is 2.88. The van der Waals surface area contributed by atoms with Crippen LogP contribution < -0.4 is 5.32 Å². The Morgan fingerprint density at radius 2 is 1.86 bits per heavy atom. The molecule has 1 unspecified atom stereocenters. The standard InChI is InChI=1S/C13H17NO8/c1-8(2)12(17)21-7-20-11(16)4-3-10(15)19-6-9-5-14-13(18)22-9/h3-4,8-9H,5-7H2,1-2H3,(H,14,18)/b4-3+. The number of rotatable bonds is 7. The molecule has 0 aromatic carbocycles. The van der Waals surface area contributed by atoms with Crippen LogP contribution in [0.1, 0.15) is 13.8 Å². The summed E-state index contributed by atoms with van der Waals surface area (Å²) in [4.78, 5) is 44.3. The lowest BCUT2D eigenvalue weighted by atomic mass is 10.2. The van der Waals surface area contributed by atoms with Gasteiger partial charge in [0.15, 0.2) is 6.10 Å². The van der Waals surface area contributed by atoms with Gasteiger partial charge >= 0.3 is 24.0 Å². The second-order valence-corrected chi connectivity index (χ2v) is 4.57. The van der Waals surface area contributed by atoms with Gasteiger partial charge in [-0.05, 0) is 0 Å². The van der Waals surface area contributed by atoms with Crippen molar-refractivity contribution in [2.24, 2.45) is 5.92 Å². The Bertz CT molecular complexity index is 471. The van der Waals surface area contributed by atoms with E-state index in [1.165, 1.54) is 0 Å². The highest BCUT2D eigenvalue weighted by Gasteiger charge is 2.23. The molecule has 1 heterocycles. The molecule has 1 amide bonds. The summed E-state index contributed by atoms with van der Waals surface area (Å²) in [6.07, 6.45) is 0.574. The number of carbonyl (C=O) groups excluding carboxylic acids is 4. The van der Waals surface area contributed by atoms with Gasteiger partial charge in [0, 0.05) is 12.2 Å². The van der Waals surface area contributed by atoms with Crippen LogP contribution in [0.2, 0.25) is 0 Å². The molecule has 22 heavy (non-hydrogen) atoms. The largest absolute Gasteiger partial charge is 0.459 e. The van der Waals surface area contributed by atoms with Crippen molar-refractivity contribution in [2.45, 2.75) is 20.0 Å². The molecule has 122 valence electrons. The van der Waals surface area contributed by atoms with Gasteiger partial charge in [-0.15, -0.1) is 0 Å². The van der Waals surface area contributed by atoms with E-state index in [4.69, 9.17) is 9.47 Å². The van der Waals surface area contributed by atoms with E-state index < -0.39 is 36.9 Å². The lowest BCUT2D eigenvalue weighted by Crippen LogP contribution is -2.22. The SMILES string of the molecule is CC(C)C(=O)OCOC(=O)/C=C/C(=O)OCC1CNC(=O)O1. The predicted molar refractivity (Wildman–Crippen MR) is 70.3 cm³/mol. The number of nitrogens with one attached hydrogen (secondary N) is 1. The quantitative estimate of drug-likeness (QED) is 0.299. The van der Waals surface area contributed by atoms with Crippen molar-refractivity contribution in [3.8, 4) is 0 Å². The second-order valence-electron chi connectivity index (χ2n) is 4.57. The molecular formula is C13H17NO8. The number of carbonyl (C=O) groups is 4. The lowest BCUT2D eigenvalue weighted by molar-refractivity contribution is -0.166. The van der Waals surface area contributed by atoms with Gasteiger partial charge in [0.1, 0.15) is 6.61 Å². The molecule has 0 aliphatic carbocycles. The van der Waals surface area contributed by atoms with Crippen LogP contribution in [0, 0.1) is 5.92 Å². The third-order valence-corrected chi connectivity index (χ3v) is 2.39. The minimum absolute atomic E-state index is 0.122. The van der Waals surface area contributed by atoms with Crippen LogP contribution in [-0.4, -0.2) is 50.0 Å². The molecule has 0 radical (unpaired) electrons. The summed E-state index contributed by atoms with van der Waals surface area (Å²) in [7, 11) is 0. The van der Waals surface area contributed by atoms with Gasteiger partial charge < -0.3 is 24.3 Å². The van der Waals surface area contributed by atoms with E-state index in [-0.39, 0.29) is 19.1 Å². The smallest absolute Gasteiger partial charge is 0.407 e. The first-order valence-electron chi connectivity index (χ1n) is 6.51. The highest BCUT2D eigenvalue weighted by atomic mass is 16.7. The predicted octanol–water partition coefficient (Wildman–Crippen LogP) is -0.106. The maximum absolute atomic E-state index is 11.3. The number of esters is 3. The van der Waals surface area contributed by atoms with Crippen molar-refractivity contribution in [1.82, 2.24) is 5.32 Å². The summed E-state index contributed by atoms with van der Waals surface area (Å²) in [5.41, 5.74) is 0. The van der Waals surface area contributed by atoms with Crippen molar-refractivity contribution >= 4 is 24.0 Å². The molecular weight excluding hydrogens is 298 g/mol. The summed E-state index contributed by atoms with van der Waals surface area (Å²) in [6.45, 7) is 2.87. The Labute approximate surface area is 126 Å². The number of amides is 1. The summed E-state index contributed by atoms with van der Waals surface area (Å²) >= 11 is 0. The fraction of sp³-hybridized carbons (Fsp3) is 0.538. The highest BCUT2D eigenvalue weighted by Crippen LogP contribution is 2.01. The van der Waals surface area contributed by atoms with Gasteiger partial charge in [-0.2, -0.15) is 0 Å². The van der Waals surface area contributed by atoms with Gasteiger partial charge in [-0.25, -0.2) is 14.4 Å². The highest BCUT2D eigenvalue weighted by molar-refractivity contribution is 5.91. The molecule has 0 aromatic heterocycles. The molecule has 1 aliphatic rings. The zero-order valence-corrected chi connectivity index (χ0v) is 12.2. The van der Waals surface area contributed by atoms with Gasteiger partial charge in [0.25, 0.3) is 0 Å². The fourth-order valence-corrected chi connectivity index (χ4v) is 1.24. The Morgan fingerprint density at radius 3 is 2.41 bits per heavy atom. The number of ether oxygens (including phenoxy) is 4. The number of hydrogen-bond donors (Lipinski definition) is 1. The maximum Gasteiger partial charge on any atom is 0.407 e. The second kappa shape index (κ2) is 8.65. The van der Waals surface area contributed by atoms with Crippen molar-refractivity contribution in [1.29, 1.82) is 0 Å². The molecule has 1 fully saturated rings. The zero-order valence-electron chi connectivity index (χ0n) is 12.2. The number of hydrogen-bond acceptors (Lipinski definition) is 8. The van der Waals surface area contributed by atoms with Crippen LogP contribution in [0.3, 0.4) is 0 Å². The van der Waals surface area contributed by atoms with E-state index in [1.54, 1.807) is 13.8 Å². The molecule has 9 nitrogen and oxygen atoms in total. The van der Waals surface area contributed by atoms with Crippen molar-refractivity contribution in [3.63, 3.8) is 0 Å². The Balaban J connectivity index is 2.17. The molecule has 0 saturated carbocycles. The van der Waals surface area contributed by atoms with E-state index in [2.05, 4.69) is 14.8 Å². The van der Waals surface area contributed by atoms with E-state index in [0.29, 0.717) is 0 Å². The minimum Gasteiger partial charge on any atom is -0.459 e.